The maximum Gasteiger partial charge on any atom is 0.422 e. The van der Waals surface area contributed by atoms with Gasteiger partial charge < -0.3 is 60.0 Å². The molecule has 12 amide bonds. The Morgan fingerprint density at radius 2 is 1.15 bits per heavy atom. The maximum absolute atomic E-state index is 15.6. The van der Waals surface area contributed by atoms with Crippen molar-refractivity contribution >= 4 is 70.9 Å². The third kappa shape index (κ3) is 20.7. The SMILES string of the molecule is CC[C@H](C)[C@@H]1NC(=O)[C@H](CC(F)(F)F)N(C)C(=O)C[C@@H](C(=O)N2CCCC2)N(C)C(=O)[C@H](C2CCCCC2)N(C)C(=O)C2(CCCC2)NC(=O)C2CCCN2C(=O)[C@H](CCc2cc(F)c(C(F)(F)F)c(F)c2)NC(=O)CN(C)C(=O)[C@H](Cc2ccc(C(F)(F)F)cc2)N(C)C(=O)CN(C)C(=O)CN(C)C1=O. The van der Waals surface area contributed by atoms with Crippen molar-refractivity contribution in [1.29, 1.82) is 0 Å². The number of hydrogen-bond donors (Lipinski definition) is 3. The number of nitrogens with one attached hydrogen (secondary N) is 3. The number of nitrogens with zero attached hydrogens (tertiary/aromatic N) is 9. The van der Waals surface area contributed by atoms with Crippen molar-refractivity contribution < 1.29 is 106 Å². The number of carbonyl (C=O) groups excluding carboxylic acids is 12. The van der Waals surface area contributed by atoms with E-state index in [1.54, 1.807) is 6.92 Å². The Morgan fingerprint density at radius 3 is 1.72 bits per heavy atom. The zero-order valence-corrected chi connectivity index (χ0v) is 60.9. The first-order valence-corrected chi connectivity index (χ1v) is 35.6. The van der Waals surface area contributed by atoms with Gasteiger partial charge in [0.15, 0.2) is 0 Å². The number of likely N-dealkylation sites (N-methyl/N-ethyl adjacent to an activating group) is 7. The van der Waals surface area contributed by atoms with E-state index in [1.807, 2.05) is 0 Å². The Bertz CT molecular complexity index is 3540. The molecule has 1 unspecified atom stereocenters. The minimum absolute atomic E-state index is 0.00637. The molecule has 2 aliphatic carbocycles. The van der Waals surface area contributed by atoms with Gasteiger partial charge in [-0.3, -0.25) is 57.5 Å². The first-order chi connectivity index (χ1) is 49.5. The van der Waals surface area contributed by atoms with Crippen LogP contribution in [0.15, 0.2) is 36.4 Å². The number of carbonyl (C=O) groups is 12. The van der Waals surface area contributed by atoms with Crippen molar-refractivity contribution in [2.24, 2.45) is 11.8 Å². The van der Waals surface area contributed by atoms with Crippen molar-refractivity contribution in [1.82, 2.24) is 60.0 Å². The Balaban J connectivity index is 1.32. The number of hydrogen-bond acceptors (Lipinski definition) is 12. The van der Waals surface area contributed by atoms with E-state index in [0.717, 1.165) is 83.2 Å². The summed E-state index contributed by atoms with van der Waals surface area (Å²) in [6, 6.07) is -8.00. The average Bonchev–Trinajstić information content (AvgIpc) is 1.55. The van der Waals surface area contributed by atoms with Gasteiger partial charge in [0, 0.05) is 75.4 Å². The molecule has 0 aromatic heterocycles. The fraction of sp³-hybridized carbons (Fsp3) is 0.662. The summed E-state index contributed by atoms with van der Waals surface area (Å²) >= 11 is 0. The van der Waals surface area contributed by atoms with Crippen LogP contribution in [-0.2, 0) is 82.7 Å². The summed E-state index contributed by atoms with van der Waals surface area (Å²) in [5.41, 5.74) is -5.44. The topological polar surface area (TPSA) is 270 Å². The molecular formula is C71H95F11N12O12. The van der Waals surface area contributed by atoms with Crippen molar-refractivity contribution in [3.05, 3.63) is 70.3 Å². The van der Waals surface area contributed by atoms with Crippen LogP contribution in [0.2, 0.25) is 0 Å². The number of benzene rings is 2. The Hall–Kier alpha value is -8.69. The molecule has 106 heavy (non-hydrogen) atoms. The van der Waals surface area contributed by atoms with Crippen LogP contribution in [0.5, 0.6) is 0 Å². The van der Waals surface area contributed by atoms with Crippen LogP contribution in [0.25, 0.3) is 0 Å². The van der Waals surface area contributed by atoms with Gasteiger partial charge in [-0.15, -0.1) is 0 Å². The number of alkyl halides is 9. The number of fused-ring (bicyclic) bond motifs is 1. The lowest BCUT2D eigenvalue weighted by Crippen LogP contribution is -2.65. The van der Waals surface area contributed by atoms with E-state index in [4.69, 9.17) is 0 Å². The lowest BCUT2D eigenvalue weighted by Gasteiger charge is -2.43. The number of likely N-dealkylation sites (tertiary alicyclic amines) is 1. The van der Waals surface area contributed by atoms with E-state index in [-0.39, 0.29) is 57.3 Å². The van der Waals surface area contributed by atoms with Crippen molar-refractivity contribution in [2.45, 2.75) is 202 Å². The minimum Gasteiger partial charge on any atom is -0.343 e. The summed E-state index contributed by atoms with van der Waals surface area (Å²) in [6.45, 7) is 0.496. The molecule has 24 nitrogen and oxygen atoms in total. The summed E-state index contributed by atoms with van der Waals surface area (Å²) < 4.78 is 157. The second kappa shape index (κ2) is 35.4. The molecule has 588 valence electrons. The van der Waals surface area contributed by atoms with Crippen LogP contribution in [0.1, 0.15) is 145 Å². The largest absolute Gasteiger partial charge is 0.422 e. The smallest absolute Gasteiger partial charge is 0.343 e. The molecule has 0 radical (unpaired) electrons. The fourth-order valence-electron chi connectivity index (χ4n) is 14.8. The zero-order valence-electron chi connectivity index (χ0n) is 60.9. The predicted octanol–water partition coefficient (Wildman–Crippen LogP) is 5.86. The number of halogens is 11. The Labute approximate surface area is 607 Å². The quantitative estimate of drug-likeness (QED) is 0.236. The fourth-order valence-corrected chi connectivity index (χ4v) is 14.8. The molecule has 3 saturated heterocycles. The maximum atomic E-state index is 15.6. The van der Waals surface area contributed by atoms with Gasteiger partial charge in [0.2, 0.25) is 70.9 Å². The van der Waals surface area contributed by atoms with Crippen molar-refractivity contribution in [3.8, 4) is 0 Å². The van der Waals surface area contributed by atoms with Gasteiger partial charge in [-0.1, -0.05) is 64.5 Å². The van der Waals surface area contributed by atoms with Gasteiger partial charge in [-0.2, -0.15) is 39.5 Å². The van der Waals surface area contributed by atoms with Gasteiger partial charge in [0.1, 0.15) is 65.0 Å². The minimum atomic E-state index is -5.47. The zero-order chi connectivity index (χ0) is 78.8. The summed E-state index contributed by atoms with van der Waals surface area (Å²) in [5.74, 6) is -17.7. The summed E-state index contributed by atoms with van der Waals surface area (Å²) in [6.07, 6.45) is -15.6. The van der Waals surface area contributed by atoms with Crippen LogP contribution in [0.4, 0.5) is 48.3 Å². The highest BCUT2D eigenvalue weighted by atomic mass is 19.4. The monoisotopic (exact) mass is 1520 g/mol. The van der Waals surface area contributed by atoms with Gasteiger partial charge in [-0.25, -0.2) is 8.78 Å². The molecule has 7 rings (SSSR count). The summed E-state index contributed by atoms with van der Waals surface area (Å²) in [7, 11) is 7.83. The van der Waals surface area contributed by atoms with E-state index in [0.29, 0.717) is 80.5 Å². The number of rotatable bonds is 10. The van der Waals surface area contributed by atoms with E-state index >= 15 is 28.0 Å². The highest BCUT2D eigenvalue weighted by Gasteiger charge is 2.52. The molecule has 2 aromatic rings. The average molecular weight is 1520 g/mol. The van der Waals surface area contributed by atoms with E-state index in [2.05, 4.69) is 16.0 Å². The van der Waals surface area contributed by atoms with Gasteiger partial charge in [0.05, 0.1) is 38.0 Å². The van der Waals surface area contributed by atoms with E-state index in [1.165, 1.54) is 30.8 Å². The number of amides is 12. The molecule has 1 spiro atoms. The molecular weight excluding hydrogens is 1420 g/mol. The van der Waals surface area contributed by atoms with Gasteiger partial charge in [0.25, 0.3) is 0 Å². The first kappa shape index (κ1) is 84.6. The highest BCUT2D eigenvalue weighted by molar-refractivity contribution is 6.01. The molecule has 3 aliphatic heterocycles. The normalized spacial score (nSPS) is 25.2. The molecule has 5 fully saturated rings. The Morgan fingerprint density at radius 1 is 0.575 bits per heavy atom. The molecule has 35 heteroatoms. The first-order valence-electron chi connectivity index (χ1n) is 35.6. The van der Waals surface area contributed by atoms with Crippen LogP contribution >= 0.6 is 0 Å². The number of aryl methyl sites for hydroxylation is 1. The van der Waals surface area contributed by atoms with Crippen LogP contribution < -0.4 is 16.0 Å². The standard InChI is InChI=1S/C71H95F11N12O12/c1-10-41(2)58-65(104)88(5)39-55(97)86(3)40-56(98)89(6)50(35-42-22-25-45(26-23-42)70(77,78)79)63(102)87(4)38-53(95)83-48(27-24-43-33-46(72)57(47(73)34-43)71(80,81)82)62(101)94-32-18-21-49(94)61(100)85-68(28-14-15-29-68)67(106)92(9)59(44-19-12-11-13-20-44)66(105)91(8)51(64(103)93-30-16-17-31-93)36-54(96)90(7)52(60(99)84-58)37-69(74,75)76/h22-23,25-26,33-34,41,44,48-52,58-59H,10-21,24,27-32,35-40H2,1-9H3,(H,83,95)(H,84,99)(H,85,100)/t41-,48-,49?,50-,51-,52-,58-,59-/m0/s1. The molecule has 5 aliphatic rings. The predicted molar refractivity (Wildman–Crippen MR) is 359 cm³/mol. The summed E-state index contributed by atoms with van der Waals surface area (Å²) in [5, 5.41) is 7.71. The van der Waals surface area contributed by atoms with Crippen LogP contribution in [0.3, 0.4) is 0 Å². The van der Waals surface area contributed by atoms with Crippen LogP contribution in [-0.4, -0.2) is 258 Å². The molecule has 0 bridgehead atoms. The second-order valence-corrected chi connectivity index (χ2v) is 28.8. The Kier molecular flexibility index (Phi) is 28.2. The van der Waals surface area contributed by atoms with E-state index in [9.17, 15) is 77.9 Å². The molecule has 3 heterocycles. The molecule has 2 saturated carbocycles. The van der Waals surface area contributed by atoms with E-state index < -0.39 is 229 Å². The third-order valence-corrected chi connectivity index (χ3v) is 21.3. The van der Waals surface area contributed by atoms with Crippen LogP contribution in [0, 0.1) is 23.5 Å². The molecule has 2 aromatic carbocycles. The summed E-state index contributed by atoms with van der Waals surface area (Å²) in [4.78, 5) is 186. The molecule has 3 N–H and O–H groups in total. The highest BCUT2D eigenvalue weighted by Crippen LogP contribution is 2.39. The lowest BCUT2D eigenvalue weighted by molar-refractivity contribution is -0.163. The van der Waals surface area contributed by atoms with Gasteiger partial charge >= 0.3 is 18.5 Å². The third-order valence-electron chi connectivity index (χ3n) is 21.3. The molecule has 8 atom stereocenters. The van der Waals surface area contributed by atoms with Crippen molar-refractivity contribution in [3.63, 3.8) is 0 Å². The van der Waals surface area contributed by atoms with Gasteiger partial charge in [-0.05, 0) is 111 Å². The van der Waals surface area contributed by atoms with Crippen molar-refractivity contribution in [2.75, 3.05) is 88.6 Å². The lowest BCUT2D eigenvalue weighted by atomic mass is 9.81. The second-order valence-electron chi connectivity index (χ2n) is 28.8.